The minimum absolute atomic E-state index is 0.0870. The van der Waals surface area contributed by atoms with E-state index in [0.29, 0.717) is 6.42 Å². The van der Waals surface area contributed by atoms with E-state index in [1.165, 1.54) is 19.3 Å². The second-order valence-corrected chi connectivity index (χ2v) is 10.0. The molecule has 0 aromatic heterocycles. The monoisotopic (exact) mass is 403 g/mol. The molecule has 2 N–H and O–H groups in total. The maximum Gasteiger partial charge on any atom is 0.325 e. The number of carbonyl (C=O) groups is 3. The van der Waals surface area contributed by atoms with Crippen molar-refractivity contribution in [2.24, 2.45) is 29.1 Å². The van der Waals surface area contributed by atoms with E-state index in [2.05, 4.69) is 16.7 Å². The maximum atomic E-state index is 12.4. The molecular formula is C22H33N3O4. The van der Waals surface area contributed by atoms with Gasteiger partial charge in [0, 0.05) is 6.42 Å². The van der Waals surface area contributed by atoms with E-state index in [4.69, 9.17) is 4.74 Å². The minimum Gasteiger partial charge on any atom is -0.454 e. The van der Waals surface area contributed by atoms with E-state index in [1.54, 1.807) is 6.92 Å². The molecule has 4 aliphatic rings. The SMILES string of the molecule is CC(C)[C@](C)(C#N)NC(=O)COC(=O)CNC(=O)CC12CC3CC(CC(C3)C1)C2. The molecule has 0 heterocycles. The van der Waals surface area contributed by atoms with Crippen LogP contribution in [0, 0.1) is 40.4 Å². The highest BCUT2D eigenvalue weighted by atomic mass is 16.5. The van der Waals surface area contributed by atoms with Crippen LogP contribution in [0.1, 0.15) is 65.7 Å². The highest BCUT2D eigenvalue weighted by Crippen LogP contribution is 2.61. The van der Waals surface area contributed by atoms with Crippen molar-refractivity contribution >= 4 is 17.8 Å². The summed E-state index contributed by atoms with van der Waals surface area (Å²) in [5.41, 5.74) is -0.892. The Morgan fingerprint density at radius 1 is 1.10 bits per heavy atom. The number of nitriles is 1. The number of nitrogens with one attached hydrogen (secondary N) is 2. The topological polar surface area (TPSA) is 108 Å². The molecule has 4 bridgehead atoms. The van der Waals surface area contributed by atoms with Gasteiger partial charge in [0.1, 0.15) is 12.1 Å². The van der Waals surface area contributed by atoms with Crippen LogP contribution in [0.3, 0.4) is 0 Å². The molecule has 7 nitrogen and oxygen atoms in total. The number of hydrogen-bond acceptors (Lipinski definition) is 5. The summed E-state index contributed by atoms with van der Waals surface area (Å²) in [4.78, 5) is 36.3. The molecular weight excluding hydrogens is 370 g/mol. The van der Waals surface area contributed by atoms with E-state index < -0.39 is 24.0 Å². The van der Waals surface area contributed by atoms with Crippen LogP contribution in [-0.4, -0.2) is 36.5 Å². The number of amides is 2. The molecule has 0 spiro atoms. The highest BCUT2D eigenvalue weighted by Gasteiger charge is 2.51. The van der Waals surface area contributed by atoms with Crippen molar-refractivity contribution in [1.82, 2.24) is 10.6 Å². The van der Waals surface area contributed by atoms with Crippen molar-refractivity contribution < 1.29 is 19.1 Å². The summed E-state index contributed by atoms with van der Waals surface area (Å²) in [6.45, 7) is 4.58. The van der Waals surface area contributed by atoms with E-state index in [-0.39, 0.29) is 23.8 Å². The van der Waals surface area contributed by atoms with Crippen molar-refractivity contribution in [3.8, 4) is 6.07 Å². The Balaban J connectivity index is 1.38. The summed E-state index contributed by atoms with van der Waals surface area (Å²) in [7, 11) is 0. The molecule has 29 heavy (non-hydrogen) atoms. The summed E-state index contributed by atoms with van der Waals surface area (Å²) in [5.74, 6) is 0.965. The van der Waals surface area contributed by atoms with Gasteiger partial charge in [-0.2, -0.15) is 5.26 Å². The third-order valence-corrected chi connectivity index (χ3v) is 7.28. The van der Waals surface area contributed by atoms with Crippen LogP contribution in [0.15, 0.2) is 0 Å². The summed E-state index contributed by atoms with van der Waals surface area (Å²) in [6, 6.07) is 2.07. The summed E-state index contributed by atoms with van der Waals surface area (Å²) in [6.07, 6.45) is 7.91. The quantitative estimate of drug-likeness (QED) is 0.605. The first-order valence-corrected chi connectivity index (χ1v) is 10.8. The number of ether oxygens (including phenoxy) is 1. The van der Waals surface area contributed by atoms with Crippen molar-refractivity contribution in [1.29, 1.82) is 5.26 Å². The lowest BCUT2D eigenvalue weighted by atomic mass is 9.49. The van der Waals surface area contributed by atoms with Crippen LogP contribution in [-0.2, 0) is 19.1 Å². The molecule has 0 radical (unpaired) electrons. The molecule has 4 fully saturated rings. The summed E-state index contributed by atoms with van der Waals surface area (Å²) in [5, 5.41) is 14.5. The average Bonchev–Trinajstić information content (AvgIpc) is 2.63. The van der Waals surface area contributed by atoms with Crippen LogP contribution >= 0.6 is 0 Å². The van der Waals surface area contributed by atoms with Crippen LogP contribution < -0.4 is 10.6 Å². The molecule has 2 amide bonds. The van der Waals surface area contributed by atoms with E-state index in [0.717, 1.165) is 37.0 Å². The Bertz CT molecular complexity index is 676. The van der Waals surface area contributed by atoms with Gasteiger partial charge in [-0.3, -0.25) is 14.4 Å². The molecule has 4 rings (SSSR count). The van der Waals surface area contributed by atoms with Gasteiger partial charge in [-0.25, -0.2) is 0 Å². The van der Waals surface area contributed by atoms with Gasteiger partial charge in [0.15, 0.2) is 6.61 Å². The number of carbonyl (C=O) groups excluding carboxylic acids is 3. The first kappa shape index (κ1) is 21.6. The summed E-state index contributed by atoms with van der Waals surface area (Å²) < 4.78 is 4.94. The van der Waals surface area contributed by atoms with Crippen molar-refractivity contribution in [2.45, 2.75) is 71.3 Å². The number of rotatable bonds is 8. The highest BCUT2D eigenvalue weighted by molar-refractivity contribution is 5.84. The number of nitrogens with zero attached hydrogens (tertiary/aromatic N) is 1. The zero-order valence-electron chi connectivity index (χ0n) is 17.8. The second-order valence-electron chi connectivity index (χ2n) is 10.0. The third-order valence-electron chi connectivity index (χ3n) is 7.28. The molecule has 0 aromatic rings. The third kappa shape index (κ3) is 5.09. The van der Waals surface area contributed by atoms with Gasteiger partial charge in [0.05, 0.1) is 6.07 Å². The van der Waals surface area contributed by atoms with Gasteiger partial charge in [0.25, 0.3) is 5.91 Å². The zero-order chi connectivity index (χ0) is 21.2. The second kappa shape index (κ2) is 8.33. The summed E-state index contributed by atoms with van der Waals surface area (Å²) >= 11 is 0. The van der Waals surface area contributed by atoms with E-state index in [9.17, 15) is 19.6 Å². The Hall–Kier alpha value is -2.10. The lowest BCUT2D eigenvalue weighted by Crippen LogP contribution is -2.50. The first-order valence-electron chi connectivity index (χ1n) is 10.8. The minimum atomic E-state index is -1.02. The molecule has 0 saturated heterocycles. The van der Waals surface area contributed by atoms with E-state index >= 15 is 0 Å². The zero-order valence-corrected chi connectivity index (χ0v) is 17.8. The molecule has 160 valence electrons. The van der Waals surface area contributed by atoms with Gasteiger partial charge in [-0.05, 0) is 74.5 Å². The molecule has 4 aliphatic carbocycles. The fraction of sp³-hybridized carbons (Fsp3) is 0.818. The lowest BCUT2D eigenvalue weighted by Gasteiger charge is -2.56. The van der Waals surface area contributed by atoms with Gasteiger partial charge in [0.2, 0.25) is 5.91 Å². The van der Waals surface area contributed by atoms with Crippen LogP contribution in [0.2, 0.25) is 0 Å². The van der Waals surface area contributed by atoms with Crippen LogP contribution in [0.5, 0.6) is 0 Å². The Labute approximate surface area is 172 Å². The van der Waals surface area contributed by atoms with Gasteiger partial charge in [-0.1, -0.05) is 13.8 Å². The van der Waals surface area contributed by atoms with Gasteiger partial charge in [-0.15, -0.1) is 0 Å². The predicted molar refractivity (Wildman–Crippen MR) is 106 cm³/mol. The molecule has 0 aliphatic heterocycles. The maximum absolute atomic E-state index is 12.4. The molecule has 4 saturated carbocycles. The fourth-order valence-corrected chi connectivity index (χ4v) is 5.90. The molecule has 0 unspecified atom stereocenters. The van der Waals surface area contributed by atoms with Crippen molar-refractivity contribution in [2.75, 3.05) is 13.2 Å². The predicted octanol–water partition coefficient (Wildman–Crippen LogP) is 2.31. The van der Waals surface area contributed by atoms with Crippen LogP contribution in [0.25, 0.3) is 0 Å². The molecule has 1 atom stereocenters. The standard InChI is InChI=1S/C22H33N3O4/c1-14(2)21(3,13-23)25-19(27)12-29-20(28)11-24-18(26)10-22-7-15-4-16(8-22)6-17(5-15)9-22/h14-17H,4-12H2,1-3H3,(H,24,26)(H,25,27)/t15?,16?,17?,21-,22?/m0/s1. The Kier molecular flexibility index (Phi) is 6.21. The van der Waals surface area contributed by atoms with Gasteiger partial charge >= 0.3 is 5.97 Å². The van der Waals surface area contributed by atoms with Crippen molar-refractivity contribution in [3.63, 3.8) is 0 Å². The average molecular weight is 404 g/mol. The fourth-order valence-electron chi connectivity index (χ4n) is 5.90. The molecule has 7 heteroatoms. The van der Waals surface area contributed by atoms with E-state index in [1.807, 2.05) is 13.8 Å². The van der Waals surface area contributed by atoms with Crippen LogP contribution in [0.4, 0.5) is 0 Å². The number of hydrogen-bond donors (Lipinski definition) is 2. The lowest BCUT2D eigenvalue weighted by molar-refractivity contribution is -0.149. The largest absolute Gasteiger partial charge is 0.454 e. The first-order chi connectivity index (χ1) is 13.6. The van der Waals surface area contributed by atoms with Crippen molar-refractivity contribution in [3.05, 3.63) is 0 Å². The molecule has 0 aromatic carbocycles. The number of esters is 1. The normalized spacial score (nSPS) is 31.6. The Morgan fingerprint density at radius 3 is 2.14 bits per heavy atom. The Morgan fingerprint density at radius 2 is 1.66 bits per heavy atom. The van der Waals surface area contributed by atoms with Gasteiger partial charge < -0.3 is 15.4 Å². The smallest absolute Gasteiger partial charge is 0.325 e.